The number of hydrogen-bond acceptors (Lipinski definition) is 4. The number of nitrogens with zero attached hydrogens (tertiary/aromatic N) is 1. The van der Waals surface area contributed by atoms with Crippen LogP contribution in [0.1, 0.15) is 54.4 Å². The molecule has 1 spiro atoms. The predicted octanol–water partition coefficient (Wildman–Crippen LogP) is 4.44. The number of hydrogen-bond donors (Lipinski definition) is 1. The monoisotopic (exact) mass is 434 g/mol. The molecule has 1 saturated heterocycles. The zero-order valence-electron chi connectivity index (χ0n) is 19.1. The second kappa shape index (κ2) is 9.24. The van der Waals surface area contributed by atoms with Crippen LogP contribution in [0, 0.1) is 0 Å². The van der Waals surface area contributed by atoms with E-state index < -0.39 is 0 Å². The van der Waals surface area contributed by atoms with Crippen LogP contribution in [0.25, 0.3) is 11.1 Å². The molecule has 0 radical (unpaired) electrons. The minimum atomic E-state index is -0.0684. The van der Waals surface area contributed by atoms with E-state index in [-0.39, 0.29) is 11.5 Å². The van der Waals surface area contributed by atoms with Crippen LogP contribution in [-0.4, -0.2) is 55.8 Å². The summed E-state index contributed by atoms with van der Waals surface area (Å²) in [5, 5.41) is 2.86. The van der Waals surface area contributed by atoms with Gasteiger partial charge in [0.15, 0.2) is 0 Å². The van der Waals surface area contributed by atoms with Crippen molar-refractivity contribution in [3.63, 3.8) is 0 Å². The lowest BCUT2D eigenvalue weighted by atomic mass is 9.81. The first-order valence-electron chi connectivity index (χ1n) is 12.1. The number of piperidine rings is 1. The Labute approximate surface area is 191 Å². The summed E-state index contributed by atoms with van der Waals surface area (Å²) in [5.74, 6) is 0.993. The minimum absolute atomic E-state index is 0.0343. The molecule has 2 heterocycles. The second-order valence-electron chi connectivity index (χ2n) is 9.55. The highest BCUT2D eigenvalue weighted by atomic mass is 16.5. The van der Waals surface area contributed by atoms with Crippen LogP contribution in [0.3, 0.4) is 0 Å². The number of methoxy groups -OCH3 is 1. The summed E-state index contributed by atoms with van der Waals surface area (Å²) in [6.45, 7) is 3.40. The third-order valence-electron chi connectivity index (χ3n) is 7.61. The molecule has 3 aliphatic rings. The molecule has 1 saturated carbocycles. The first-order chi connectivity index (χ1) is 15.7. The van der Waals surface area contributed by atoms with Crippen molar-refractivity contribution >= 4 is 5.91 Å². The van der Waals surface area contributed by atoms with Crippen LogP contribution in [0.15, 0.2) is 42.5 Å². The van der Waals surface area contributed by atoms with Gasteiger partial charge in [0.2, 0.25) is 0 Å². The van der Waals surface area contributed by atoms with Gasteiger partial charge in [0.1, 0.15) is 11.4 Å². The number of rotatable bonds is 6. The van der Waals surface area contributed by atoms with Crippen molar-refractivity contribution < 1.29 is 14.3 Å². The Hall–Kier alpha value is -2.37. The number of benzene rings is 2. The highest BCUT2D eigenvalue weighted by Crippen LogP contribution is 2.42. The van der Waals surface area contributed by atoms with Crippen molar-refractivity contribution in [3.05, 3.63) is 53.6 Å². The maximum atomic E-state index is 12.2. The van der Waals surface area contributed by atoms with Gasteiger partial charge in [-0.3, -0.25) is 4.79 Å². The topological polar surface area (TPSA) is 50.8 Å². The van der Waals surface area contributed by atoms with Crippen LogP contribution >= 0.6 is 0 Å². The van der Waals surface area contributed by atoms with Gasteiger partial charge in [-0.2, -0.15) is 0 Å². The number of fused-ring (bicyclic) bond motifs is 1. The molecule has 0 unspecified atom stereocenters. The molecule has 1 aliphatic carbocycles. The number of ether oxygens (including phenoxy) is 2. The normalized spacial score (nSPS) is 20.3. The lowest BCUT2D eigenvalue weighted by molar-refractivity contribution is -0.0336. The van der Waals surface area contributed by atoms with E-state index in [4.69, 9.17) is 9.47 Å². The van der Waals surface area contributed by atoms with Crippen LogP contribution < -0.4 is 10.1 Å². The van der Waals surface area contributed by atoms with Crippen LogP contribution in [-0.2, 0) is 11.2 Å². The number of carbonyl (C=O) groups is 1. The molecule has 5 rings (SSSR count). The van der Waals surface area contributed by atoms with E-state index in [1.807, 2.05) is 24.3 Å². The van der Waals surface area contributed by atoms with Crippen molar-refractivity contribution in [1.29, 1.82) is 0 Å². The highest BCUT2D eigenvalue weighted by Gasteiger charge is 2.41. The number of carbonyl (C=O) groups excluding carboxylic acids is 1. The average molecular weight is 435 g/mol. The van der Waals surface area contributed by atoms with E-state index in [0.717, 1.165) is 43.0 Å². The standard InChI is InChI=1S/C27H34N2O3/c1-31-18-15-28-26(30)21-7-5-20(6-8-21)22-9-10-25-23(19-22)11-12-27(32-25)13-16-29(17-14-27)24-3-2-4-24/h5-10,19,24H,2-4,11-18H2,1H3,(H,28,30). The summed E-state index contributed by atoms with van der Waals surface area (Å²) >= 11 is 0. The molecule has 0 bridgehead atoms. The molecule has 0 atom stereocenters. The van der Waals surface area contributed by atoms with Gasteiger partial charge in [0, 0.05) is 38.3 Å². The number of amides is 1. The predicted molar refractivity (Wildman–Crippen MR) is 126 cm³/mol. The molecular weight excluding hydrogens is 400 g/mol. The lowest BCUT2D eigenvalue weighted by Gasteiger charge is -2.48. The van der Waals surface area contributed by atoms with Crippen LogP contribution in [0.5, 0.6) is 5.75 Å². The van der Waals surface area contributed by atoms with Gasteiger partial charge in [-0.05, 0) is 79.5 Å². The molecular formula is C27H34N2O3. The molecule has 170 valence electrons. The first kappa shape index (κ1) is 21.5. The third kappa shape index (κ3) is 4.41. The van der Waals surface area contributed by atoms with Gasteiger partial charge in [0.05, 0.1) is 6.61 Å². The highest BCUT2D eigenvalue weighted by molar-refractivity contribution is 5.94. The minimum Gasteiger partial charge on any atom is -0.487 e. The fourth-order valence-electron chi connectivity index (χ4n) is 5.28. The summed E-state index contributed by atoms with van der Waals surface area (Å²) in [7, 11) is 1.63. The summed E-state index contributed by atoms with van der Waals surface area (Å²) in [6.07, 6.45) is 8.67. The maximum absolute atomic E-state index is 12.2. The molecule has 1 N–H and O–H groups in total. The fourth-order valence-corrected chi connectivity index (χ4v) is 5.28. The van der Waals surface area contributed by atoms with Gasteiger partial charge in [-0.15, -0.1) is 0 Å². The molecule has 32 heavy (non-hydrogen) atoms. The smallest absolute Gasteiger partial charge is 0.251 e. The van der Waals surface area contributed by atoms with E-state index in [1.165, 1.54) is 43.5 Å². The van der Waals surface area contributed by atoms with E-state index in [1.54, 1.807) is 7.11 Å². The zero-order chi connectivity index (χ0) is 22.0. The largest absolute Gasteiger partial charge is 0.487 e. The molecule has 5 nitrogen and oxygen atoms in total. The first-order valence-corrected chi connectivity index (χ1v) is 12.1. The van der Waals surface area contributed by atoms with E-state index >= 15 is 0 Å². The molecule has 0 aromatic heterocycles. The van der Waals surface area contributed by atoms with Crippen molar-refractivity contribution in [2.45, 2.75) is 56.6 Å². The van der Waals surface area contributed by atoms with Gasteiger partial charge < -0.3 is 19.7 Å². The van der Waals surface area contributed by atoms with E-state index in [9.17, 15) is 4.79 Å². The molecule has 2 aromatic carbocycles. The zero-order valence-corrected chi connectivity index (χ0v) is 19.1. The number of aryl methyl sites for hydroxylation is 1. The fraction of sp³-hybridized carbons (Fsp3) is 0.519. The Balaban J connectivity index is 1.23. The number of nitrogens with one attached hydrogen (secondary N) is 1. The maximum Gasteiger partial charge on any atom is 0.251 e. The molecule has 2 fully saturated rings. The Bertz CT molecular complexity index is 944. The average Bonchev–Trinajstić information content (AvgIpc) is 2.79. The Kier molecular flexibility index (Phi) is 6.20. The van der Waals surface area contributed by atoms with Gasteiger partial charge in [0.25, 0.3) is 5.91 Å². The molecule has 2 aromatic rings. The quantitative estimate of drug-likeness (QED) is 0.683. The molecule has 5 heteroatoms. The van der Waals surface area contributed by atoms with Crippen LogP contribution in [0.4, 0.5) is 0 Å². The number of likely N-dealkylation sites (tertiary alicyclic amines) is 1. The van der Waals surface area contributed by atoms with E-state index in [2.05, 4.69) is 28.4 Å². The lowest BCUT2D eigenvalue weighted by Crippen LogP contribution is -2.53. The molecule has 1 amide bonds. The summed E-state index contributed by atoms with van der Waals surface area (Å²) in [5.41, 5.74) is 4.30. The van der Waals surface area contributed by atoms with Crippen molar-refractivity contribution in [3.8, 4) is 16.9 Å². The van der Waals surface area contributed by atoms with Crippen LogP contribution in [0.2, 0.25) is 0 Å². The van der Waals surface area contributed by atoms with Crippen molar-refractivity contribution in [2.24, 2.45) is 0 Å². The third-order valence-corrected chi connectivity index (χ3v) is 7.61. The Morgan fingerprint density at radius 2 is 1.84 bits per heavy atom. The Morgan fingerprint density at radius 1 is 1.09 bits per heavy atom. The second-order valence-corrected chi connectivity index (χ2v) is 9.55. The van der Waals surface area contributed by atoms with Crippen molar-refractivity contribution in [2.75, 3.05) is 33.4 Å². The Morgan fingerprint density at radius 3 is 2.53 bits per heavy atom. The summed E-state index contributed by atoms with van der Waals surface area (Å²) in [4.78, 5) is 14.9. The van der Waals surface area contributed by atoms with Gasteiger partial charge >= 0.3 is 0 Å². The summed E-state index contributed by atoms with van der Waals surface area (Å²) in [6, 6.07) is 15.2. The van der Waals surface area contributed by atoms with Gasteiger partial charge in [-0.1, -0.05) is 24.6 Å². The van der Waals surface area contributed by atoms with Crippen molar-refractivity contribution in [1.82, 2.24) is 10.2 Å². The van der Waals surface area contributed by atoms with E-state index in [0.29, 0.717) is 18.7 Å². The molecule has 2 aliphatic heterocycles. The summed E-state index contributed by atoms with van der Waals surface area (Å²) < 4.78 is 11.6. The SMILES string of the molecule is COCCNC(=O)c1ccc(-c2ccc3c(c2)CCC2(CCN(C4CCC4)CC2)O3)cc1. The van der Waals surface area contributed by atoms with Gasteiger partial charge in [-0.25, -0.2) is 0 Å².